The van der Waals surface area contributed by atoms with Crippen molar-refractivity contribution in [3.8, 4) is 0 Å². The summed E-state index contributed by atoms with van der Waals surface area (Å²) < 4.78 is 0. The Kier molecular flexibility index (Phi) is 15.0. The molecule has 4 aromatic rings. The van der Waals surface area contributed by atoms with Gasteiger partial charge in [-0.1, -0.05) is 98.3 Å². The Morgan fingerprint density at radius 3 is 1.69 bits per heavy atom. The van der Waals surface area contributed by atoms with Crippen LogP contribution in [0.5, 0.6) is 0 Å². The molecule has 2 N–H and O–H groups in total. The number of halogens is 2. The summed E-state index contributed by atoms with van der Waals surface area (Å²) in [6.45, 7) is 6.60. The van der Waals surface area contributed by atoms with E-state index < -0.39 is 7.92 Å². The third-order valence-electron chi connectivity index (χ3n) is 5.63. The SMILES string of the molecule is Cc1ccc(C(C)C)cc1.OCc1ccccc1NC[PH+](c1ccccc1)c1ccccc1.[Cl][Ru][Cl]. The number of aliphatic hydroxyl groups is 1. The summed E-state index contributed by atoms with van der Waals surface area (Å²) in [7, 11) is 8.79. The minimum absolute atomic E-state index is 0.0575. The zero-order valence-electron chi connectivity index (χ0n) is 20.9. The molecule has 0 atom stereocenters. The first-order valence-corrected chi connectivity index (χ1v) is 18.0. The Balaban J connectivity index is 0.000000292. The van der Waals surface area contributed by atoms with Gasteiger partial charge in [0.1, 0.15) is 6.29 Å². The van der Waals surface area contributed by atoms with E-state index in [0.29, 0.717) is 5.92 Å². The predicted octanol–water partition coefficient (Wildman–Crippen LogP) is 7.91. The van der Waals surface area contributed by atoms with Crippen molar-refractivity contribution in [3.63, 3.8) is 0 Å². The van der Waals surface area contributed by atoms with Crippen LogP contribution in [0.15, 0.2) is 109 Å². The summed E-state index contributed by atoms with van der Waals surface area (Å²) in [5, 5.41) is 15.8. The van der Waals surface area contributed by atoms with Crippen LogP contribution in [0.2, 0.25) is 0 Å². The molecular formula is C30H35Cl2NOPRu+. The number of para-hydroxylation sites is 1. The van der Waals surface area contributed by atoms with Gasteiger partial charge < -0.3 is 10.4 Å². The van der Waals surface area contributed by atoms with Crippen molar-refractivity contribution in [2.45, 2.75) is 33.3 Å². The van der Waals surface area contributed by atoms with Crippen molar-refractivity contribution >= 4 is 43.6 Å². The molecule has 0 spiro atoms. The maximum atomic E-state index is 9.49. The monoisotopic (exact) mass is 628 g/mol. The van der Waals surface area contributed by atoms with E-state index in [1.807, 2.05) is 24.3 Å². The van der Waals surface area contributed by atoms with Gasteiger partial charge in [-0.25, -0.2) is 0 Å². The van der Waals surface area contributed by atoms with Crippen LogP contribution in [0.3, 0.4) is 0 Å². The van der Waals surface area contributed by atoms with Crippen LogP contribution in [-0.4, -0.2) is 11.4 Å². The fraction of sp³-hybridized carbons (Fsp3) is 0.200. The third kappa shape index (κ3) is 10.7. The molecule has 0 saturated heterocycles. The van der Waals surface area contributed by atoms with Crippen molar-refractivity contribution in [2.75, 3.05) is 11.6 Å². The van der Waals surface area contributed by atoms with Gasteiger partial charge in [0.25, 0.3) is 0 Å². The number of aryl methyl sites for hydroxylation is 1. The fourth-order valence-electron chi connectivity index (χ4n) is 3.62. The van der Waals surface area contributed by atoms with Crippen LogP contribution in [0.25, 0.3) is 0 Å². The van der Waals surface area contributed by atoms with Crippen LogP contribution >= 0.6 is 27.3 Å². The van der Waals surface area contributed by atoms with Crippen molar-refractivity contribution in [1.82, 2.24) is 0 Å². The third-order valence-corrected chi connectivity index (χ3v) is 8.22. The van der Waals surface area contributed by atoms with Crippen molar-refractivity contribution < 1.29 is 20.3 Å². The average Bonchev–Trinajstić information content (AvgIpc) is 2.91. The number of benzene rings is 4. The number of aliphatic hydroxyl groups excluding tert-OH is 1. The molecule has 4 aromatic carbocycles. The minimum atomic E-state index is -0.915. The molecule has 0 heterocycles. The van der Waals surface area contributed by atoms with Gasteiger partial charge in [-0.2, -0.15) is 0 Å². The second kappa shape index (κ2) is 17.7. The van der Waals surface area contributed by atoms with E-state index in [1.54, 1.807) is 0 Å². The molecule has 0 amide bonds. The average molecular weight is 629 g/mol. The summed E-state index contributed by atoms with van der Waals surface area (Å²) in [4.78, 5) is 0. The summed E-state index contributed by atoms with van der Waals surface area (Å²) in [5.41, 5.74) is 4.72. The number of rotatable bonds is 7. The van der Waals surface area contributed by atoms with E-state index in [0.717, 1.165) is 17.5 Å². The van der Waals surface area contributed by atoms with Gasteiger partial charge in [0.2, 0.25) is 0 Å². The van der Waals surface area contributed by atoms with Crippen LogP contribution in [0.4, 0.5) is 5.69 Å². The molecule has 0 radical (unpaired) electrons. The molecule has 0 aliphatic carbocycles. The maximum absolute atomic E-state index is 9.49. The van der Waals surface area contributed by atoms with E-state index >= 15 is 0 Å². The summed E-state index contributed by atoms with van der Waals surface area (Å²) >= 11 is -0.346. The van der Waals surface area contributed by atoms with Gasteiger partial charge in [0.15, 0.2) is 0 Å². The molecule has 6 heteroatoms. The molecule has 4 rings (SSSR count). The molecule has 2 nitrogen and oxygen atoms in total. The van der Waals surface area contributed by atoms with E-state index in [2.05, 4.69) is 111 Å². The Morgan fingerprint density at radius 2 is 1.22 bits per heavy atom. The number of anilines is 1. The second-order valence-corrected chi connectivity index (χ2v) is 13.6. The van der Waals surface area contributed by atoms with Crippen LogP contribution in [0, 0.1) is 6.92 Å². The Morgan fingerprint density at radius 1 is 0.750 bits per heavy atom. The van der Waals surface area contributed by atoms with Crippen LogP contribution in [0.1, 0.15) is 36.5 Å². The van der Waals surface area contributed by atoms with Crippen molar-refractivity contribution in [2.24, 2.45) is 0 Å². The van der Waals surface area contributed by atoms with Gasteiger partial charge in [-0.3, -0.25) is 0 Å². The molecule has 0 aromatic heterocycles. The molecule has 36 heavy (non-hydrogen) atoms. The summed E-state index contributed by atoms with van der Waals surface area (Å²) in [5.74, 6) is 0.653. The van der Waals surface area contributed by atoms with E-state index in [4.69, 9.17) is 19.4 Å². The quantitative estimate of drug-likeness (QED) is 0.161. The Labute approximate surface area is 233 Å². The zero-order valence-corrected chi connectivity index (χ0v) is 25.2. The Bertz CT molecular complexity index is 1070. The number of nitrogens with one attached hydrogen (secondary N) is 1. The number of hydrogen-bond donors (Lipinski definition) is 2. The van der Waals surface area contributed by atoms with Crippen LogP contribution in [-0.2, 0) is 21.8 Å². The van der Waals surface area contributed by atoms with Crippen molar-refractivity contribution in [1.29, 1.82) is 0 Å². The Hall–Kier alpha value is -1.73. The molecule has 0 fully saturated rings. The van der Waals surface area contributed by atoms with Crippen molar-refractivity contribution in [3.05, 3.63) is 126 Å². The fourth-order valence-corrected chi connectivity index (χ4v) is 5.91. The molecule has 0 bridgehead atoms. The molecule has 0 saturated carbocycles. The van der Waals surface area contributed by atoms with E-state index in [-0.39, 0.29) is 21.8 Å². The first-order valence-electron chi connectivity index (χ1n) is 11.8. The van der Waals surface area contributed by atoms with Gasteiger partial charge >= 0.3 is 34.5 Å². The molecule has 0 unspecified atom stereocenters. The first-order chi connectivity index (χ1) is 17.5. The van der Waals surface area contributed by atoms with Gasteiger partial charge in [0, 0.05) is 11.3 Å². The first kappa shape index (κ1) is 30.5. The topological polar surface area (TPSA) is 32.3 Å². The van der Waals surface area contributed by atoms with E-state index in [9.17, 15) is 5.11 Å². The number of hydrogen-bond acceptors (Lipinski definition) is 2. The zero-order chi connectivity index (χ0) is 26.2. The molecular weight excluding hydrogens is 593 g/mol. The van der Waals surface area contributed by atoms with Gasteiger partial charge in [-0.15, -0.1) is 0 Å². The standard InChI is InChI=1S/C20H20NOP.C10H14.2ClH.Ru/c22-15-17-9-7-8-14-20(17)21-16-23(18-10-3-1-4-11-18)19-12-5-2-6-13-19;1-8(2)10-6-4-9(3)5-7-10;;;/h1-14,21-22H,15-16H2;4-8H,1-3H3;2*1H;/q;;;;+2/p-1. The van der Waals surface area contributed by atoms with Gasteiger partial charge in [-0.05, 0) is 48.7 Å². The normalized spacial score (nSPS) is 10.3. The predicted molar refractivity (Wildman–Crippen MR) is 158 cm³/mol. The summed E-state index contributed by atoms with van der Waals surface area (Å²) in [6.07, 6.45) is 0.885. The second-order valence-electron chi connectivity index (χ2n) is 8.50. The molecule has 0 aliphatic heterocycles. The van der Waals surface area contributed by atoms with Gasteiger partial charge in [0.05, 0.1) is 25.1 Å². The summed E-state index contributed by atoms with van der Waals surface area (Å²) in [6, 6.07) is 38.0. The van der Waals surface area contributed by atoms with Crippen LogP contribution < -0.4 is 15.9 Å². The molecule has 192 valence electrons. The van der Waals surface area contributed by atoms with E-state index in [1.165, 1.54) is 21.7 Å². The molecule has 0 aliphatic rings.